The summed E-state index contributed by atoms with van der Waals surface area (Å²) in [5, 5.41) is 15.8. The number of pyridine rings is 2. The molecule has 5 heterocycles. The minimum Gasteiger partial charge on any atom is -0.481 e. The third-order valence-electron chi connectivity index (χ3n) is 11.9. The number of aliphatic carboxylic acids is 1. The molecule has 346 valence electrons. The van der Waals surface area contributed by atoms with Crippen LogP contribution < -0.4 is 21.9 Å². The number of likely N-dealkylation sites (tertiary alicyclic amines) is 1. The maximum atomic E-state index is 14.3. The van der Waals surface area contributed by atoms with Gasteiger partial charge in [-0.05, 0) is 49.3 Å². The highest BCUT2D eigenvalue weighted by atomic mass is 16.6. The van der Waals surface area contributed by atoms with Crippen molar-refractivity contribution in [1.82, 2.24) is 25.1 Å². The topological polar surface area (TPSA) is 257 Å². The summed E-state index contributed by atoms with van der Waals surface area (Å²) >= 11 is 0. The molecule has 19 nitrogen and oxygen atoms in total. The number of ether oxygens (including phenoxy) is 5. The van der Waals surface area contributed by atoms with Crippen molar-refractivity contribution < 1.29 is 57.6 Å². The first-order valence-electron chi connectivity index (χ1n) is 21.9. The molecule has 19 heteroatoms. The Morgan fingerprint density at radius 1 is 0.984 bits per heavy atom. The number of carbonyl (C=O) groups excluding carboxylic acids is 5. The molecular weight excluding hydrogens is 833 g/mol. The number of amides is 3. The molecule has 2 aromatic heterocycles. The summed E-state index contributed by atoms with van der Waals surface area (Å²) in [5.41, 5.74) is 7.07. The number of aryl methyl sites for hydroxylation is 1. The summed E-state index contributed by atoms with van der Waals surface area (Å²) in [5.74, 6) is -5.87. The van der Waals surface area contributed by atoms with Crippen molar-refractivity contribution in [2.24, 2.45) is 11.7 Å². The molecule has 1 saturated heterocycles. The lowest BCUT2D eigenvalue weighted by Gasteiger charge is -2.37. The van der Waals surface area contributed by atoms with Crippen molar-refractivity contribution in [2.45, 2.75) is 103 Å². The van der Waals surface area contributed by atoms with Crippen molar-refractivity contribution in [3.8, 4) is 11.4 Å². The van der Waals surface area contributed by atoms with Gasteiger partial charge in [0.25, 0.3) is 5.56 Å². The normalized spacial score (nSPS) is 18.5. The second-order valence-corrected chi connectivity index (χ2v) is 16.3. The number of nitrogens with one attached hydrogen (secondary N) is 2. The van der Waals surface area contributed by atoms with Gasteiger partial charge in [0.15, 0.2) is 0 Å². The number of benzene rings is 1. The molecule has 3 amide bonds. The standard InChI is InChI=1S/C45H58N6O13/c1-5-27-28-10-7-8-11-32(28)48-39-29(27)24-51-35(39)22-31-30(41(51)56)25-63-44(59)45(31,6-2)64-43(58)38(26(3)4)49-40(55)34-12-9-15-50(34)42(57)33(23-37(53)54)47-36(52)13-16-60-18-20-62-21-19-61-17-14-46/h7-8,10-11,22,26,33-34,38H,5-6,9,12-21,23-25,46H2,1-4H3,(H,47,52)(H,49,55)(H,53,54)/t33-,34-,38-,45?/m0/s1. The summed E-state index contributed by atoms with van der Waals surface area (Å²) in [4.78, 5) is 101. The molecule has 0 saturated carbocycles. The number of fused-ring (bicyclic) bond motifs is 5. The van der Waals surface area contributed by atoms with Crippen molar-refractivity contribution in [2.75, 3.05) is 52.7 Å². The summed E-state index contributed by atoms with van der Waals surface area (Å²) in [6.07, 6.45) is 0.275. The molecule has 3 aliphatic rings. The molecule has 3 aromatic rings. The zero-order valence-corrected chi connectivity index (χ0v) is 36.8. The lowest BCUT2D eigenvalue weighted by Crippen LogP contribution is -2.57. The fourth-order valence-electron chi connectivity index (χ4n) is 8.59. The van der Waals surface area contributed by atoms with Gasteiger partial charge in [0.05, 0.1) is 75.1 Å². The number of hydrogen-bond acceptors (Lipinski definition) is 14. The first-order chi connectivity index (χ1) is 30.8. The third kappa shape index (κ3) is 10.1. The Bertz CT molecular complexity index is 2310. The first-order valence-corrected chi connectivity index (χ1v) is 21.9. The first kappa shape index (κ1) is 47.7. The van der Waals surface area contributed by atoms with E-state index in [1.165, 1.54) is 4.90 Å². The second-order valence-electron chi connectivity index (χ2n) is 16.3. The van der Waals surface area contributed by atoms with Gasteiger partial charge in [0.2, 0.25) is 23.3 Å². The predicted octanol–water partition coefficient (Wildman–Crippen LogP) is 1.68. The number of nitrogens with two attached hydrogens (primary N) is 1. The molecule has 4 atom stereocenters. The number of rotatable bonds is 22. The van der Waals surface area contributed by atoms with Crippen LogP contribution in [-0.2, 0) is 77.6 Å². The van der Waals surface area contributed by atoms with E-state index in [0.717, 1.165) is 22.0 Å². The zero-order chi connectivity index (χ0) is 46.1. The SMILES string of the molecule is CCc1c2c(nc3ccccc13)-c1cc3c(c(=O)n1C2)COC(=O)C3(CC)OC(=O)[C@@H](NC(=O)[C@@H]1CCCN1C(=O)[C@H](CC(=O)O)NC(=O)CCOCCOCCOCCN)C(C)C. The fraction of sp³-hybridized carbons (Fsp3) is 0.556. The number of carboxylic acids is 1. The number of nitrogens with zero attached hydrogens (tertiary/aromatic N) is 3. The van der Waals surface area contributed by atoms with Gasteiger partial charge in [-0.2, -0.15) is 0 Å². The van der Waals surface area contributed by atoms with Gasteiger partial charge >= 0.3 is 17.9 Å². The van der Waals surface area contributed by atoms with Gasteiger partial charge < -0.3 is 54.6 Å². The Kier molecular flexibility index (Phi) is 15.9. The Balaban J connectivity index is 1.15. The lowest BCUT2D eigenvalue weighted by atomic mass is 9.85. The Morgan fingerprint density at radius 3 is 2.36 bits per heavy atom. The van der Waals surface area contributed by atoms with Crippen molar-refractivity contribution >= 4 is 46.5 Å². The van der Waals surface area contributed by atoms with E-state index < -0.39 is 77.3 Å². The minimum absolute atomic E-state index is 0.0154. The molecule has 64 heavy (non-hydrogen) atoms. The van der Waals surface area contributed by atoms with E-state index in [1.807, 2.05) is 31.2 Å². The van der Waals surface area contributed by atoms with Crippen molar-refractivity contribution in [1.29, 1.82) is 0 Å². The van der Waals surface area contributed by atoms with Crippen molar-refractivity contribution in [3.05, 3.63) is 62.9 Å². The third-order valence-corrected chi connectivity index (χ3v) is 11.9. The number of carboxylic acid groups (broad SMARTS) is 1. The van der Waals surface area contributed by atoms with Crippen LogP contribution in [0.1, 0.15) is 82.1 Å². The van der Waals surface area contributed by atoms with Crippen LogP contribution in [0.2, 0.25) is 0 Å². The summed E-state index contributed by atoms with van der Waals surface area (Å²) in [6.45, 7) is 9.06. The average Bonchev–Trinajstić information content (AvgIpc) is 3.91. The van der Waals surface area contributed by atoms with Crippen LogP contribution in [0.3, 0.4) is 0 Å². The number of cyclic esters (lactones) is 1. The van der Waals surface area contributed by atoms with Gasteiger partial charge in [-0.3, -0.25) is 24.0 Å². The van der Waals surface area contributed by atoms with Gasteiger partial charge in [0.1, 0.15) is 24.7 Å². The van der Waals surface area contributed by atoms with Gasteiger partial charge in [0, 0.05) is 36.0 Å². The molecule has 1 aromatic carbocycles. The van der Waals surface area contributed by atoms with Crippen LogP contribution in [0.15, 0.2) is 35.1 Å². The van der Waals surface area contributed by atoms with E-state index >= 15 is 0 Å². The Labute approximate surface area is 370 Å². The minimum atomic E-state index is -2.04. The van der Waals surface area contributed by atoms with E-state index in [9.17, 15) is 38.7 Å². The molecule has 0 spiro atoms. The number of esters is 2. The summed E-state index contributed by atoms with van der Waals surface area (Å²) in [7, 11) is 0. The van der Waals surface area contributed by atoms with Gasteiger partial charge in [-0.15, -0.1) is 0 Å². The van der Waals surface area contributed by atoms with Crippen LogP contribution in [0, 0.1) is 5.92 Å². The molecule has 5 N–H and O–H groups in total. The molecular formula is C45H58N6O13. The maximum absolute atomic E-state index is 14.3. The Hall–Kier alpha value is -5.76. The molecule has 0 aliphatic carbocycles. The van der Waals surface area contributed by atoms with Gasteiger partial charge in [-0.1, -0.05) is 45.9 Å². The van der Waals surface area contributed by atoms with Crippen LogP contribution in [0.25, 0.3) is 22.3 Å². The highest BCUT2D eigenvalue weighted by molar-refractivity contribution is 5.96. The Morgan fingerprint density at radius 2 is 1.69 bits per heavy atom. The molecule has 0 bridgehead atoms. The number of hydrogen-bond donors (Lipinski definition) is 4. The molecule has 0 radical (unpaired) electrons. The zero-order valence-electron chi connectivity index (χ0n) is 36.8. The predicted molar refractivity (Wildman–Crippen MR) is 230 cm³/mol. The monoisotopic (exact) mass is 890 g/mol. The highest BCUT2D eigenvalue weighted by Gasteiger charge is 2.52. The van der Waals surface area contributed by atoms with E-state index in [2.05, 4.69) is 10.6 Å². The van der Waals surface area contributed by atoms with Crippen LogP contribution in [-0.4, -0.2) is 126 Å². The summed E-state index contributed by atoms with van der Waals surface area (Å²) in [6, 6.07) is 5.49. The van der Waals surface area contributed by atoms with Crippen LogP contribution in [0.4, 0.5) is 0 Å². The van der Waals surface area contributed by atoms with E-state index in [-0.39, 0.29) is 69.9 Å². The molecule has 3 aliphatic heterocycles. The smallest absolute Gasteiger partial charge is 0.355 e. The average molecular weight is 891 g/mol. The number of para-hydroxylation sites is 1. The summed E-state index contributed by atoms with van der Waals surface area (Å²) < 4.78 is 29.3. The maximum Gasteiger partial charge on any atom is 0.355 e. The largest absolute Gasteiger partial charge is 0.481 e. The van der Waals surface area contributed by atoms with Gasteiger partial charge in [-0.25, -0.2) is 14.6 Å². The second kappa shape index (κ2) is 21.3. The lowest BCUT2D eigenvalue weighted by molar-refractivity contribution is -0.191. The fourth-order valence-corrected chi connectivity index (χ4v) is 8.59. The van der Waals surface area contributed by atoms with Crippen LogP contribution in [0.5, 0.6) is 0 Å². The van der Waals surface area contributed by atoms with Crippen LogP contribution >= 0.6 is 0 Å². The number of aromatic nitrogens is 2. The number of carbonyl (C=O) groups is 6. The van der Waals surface area contributed by atoms with E-state index in [0.29, 0.717) is 50.6 Å². The van der Waals surface area contributed by atoms with E-state index in [1.54, 1.807) is 31.4 Å². The molecule has 1 unspecified atom stereocenters. The molecule has 1 fully saturated rings. The van der Waals surface area contributed by atoms with Crippen molar-refractivity contribution in [3.63, 3.8) is 0 Å². The molecule has 6 rings (SSSR count). The highest BCUT2D eigenvalue weighted by Crippen LogP contribution is 2.42. The quantitative estimate of drug-likeness (QED) is 0.0647. The van der Waals surface area contributed by atoms with E-state index in [4.69, 9.17) is 34.4 Å².